The molecular weight excluding hydrogens is 512 g/mol. The van der Waals surface area contributed by atoms with Gasteiger partial charge in [0.15, 0.2) is 16.6 Å². The fourth-order valence-corrected chi connectivity index (χ4v) is 4.78. The highest BCUT2D eigenvalue weighted by Gasteiger charge is 2.31. The van der Waals surface area contributed by atoms with Gasteiger partial charge in [0.1, 0.15) is 12.4 Å². The minimum absolute atomic E-state index is 0.0788. The molecule has 0 spiro atoms. The number of fused-ring (bicyclic) bond motifs is 1. The molecule has 7 heteroatoms. The molecule has 178 valence electrons. The van der Waals surface area contributed by atoms with Crippen molar-refractivity contribution >= 4 is 38.9 Å². The number of methoxy groups -OCH3 is 2. The largest absolute Gasteiger partial charge is 0.493 e. The zero-order valence-corrected chi connectivity index (χ0v) is 22.0. The number of aryl methyl sites for hydroxylation is 1. The van der Waals surface area contributed by atoms with Gasteiger partial charge in [-0.3, -0.25) is 0 Å². The summed E-state index contributed by atoms with van der Waals surface area (Å²) in [4.78, 5) is 2.20. The van der Waals surface area contributed by atoms with Gasteiger partial charge in [0, 0.05) is 16.7 Å². The molecule has 4 rings (SSSR count). The highest BCUT2D eigenvalue weighted by Crippen LogP contribution is 2.38. The molecule has 0 radical (unpaired) electrons. The number of hydrogen-bond donors (Lipinski definition) is 1. The summed E-state index contributed by atoms with van der Waals surface area (Å²) in [5.41, 5.74) is 4.58. The van der Waals surface area contributed by atoms with Crippen molar-refractivity contribution in [3.8, 4) is 17.2 Å². The Hall–Kier alpha value is -2.77. The van der Waals surface area contributed by atoms with Crippen molar-refractivity contribution in [3.63, 3.8) is 0 Å². The molecule has 34 heavy (non-hydrogen) atoms. The Morgan fingerprint density at radius 3 is 2.35 bits per heavy atom. The van der Waals surface area contributed by atoms with E-state index in [1.807, 2.05) is 36.4 Å². The van der Waals surface area contributed by atoms with Gasteiger partial charge in [0.2, 0.25) is 0 Å². The van der Waals surface area contributed by atoms with Crippen molar-refractivity contribution in [3.05, 3.63) is 81.8 Å². The number of anilines is 1. The number of nitrogens with zero attached hydrogens (tertiary/aromatic N) is 1. The monoisotopic (exact) mass is 540 g/mol. The third kappa shape index (κ3) is 5.47. The minimum Gasteiger partial charge on any atom is -0.493 e. The van der Waals surface area contributed by atoms with E-state index in [9.17, 15) is 0 Å². The van der Waals surface area contributed by atoms with E-state index in [0.29, 0.717) is 17.5 Å². The summed E-state index contributed by atoms with van der Waals surface area (Å²) in [7, 11) is 3.32. The predicted octanol–water partition coefficient (Wildman–Crippen LogP) is 6.40. The van der Waals surface area contributed by atoms with Gasteiger partial charge in [-0.2, -0.15) is 0 Å². The van der Waals surface area contributed by atoms with Crippen LogP contribution in [-0.2, 0) is 12.8 Å². The summed E-state index contributed by atoms with van der Waals surface area (Å²) in [6, 6.07) is 20.3. The molecule has 3 aromatic carbocycles. The third-order valence-electron chi connectivity index (χ3n) is 6.10. The number of hydrogen-bond acceptors (Lipinski definition) is 4. The zero-order chi connectivity index (χ0) is 24.1. The summed E-state index contributed by atoms with van der Waals surface area (Å²) in [6.45, 7) is 3.37. The Balaban J connectivity index is 1.62. The van der Waals surface area contributed by atoms with Gasteiger partial charge in [-0.1, -0.05) is 35.0 Å². The van der Waals surface area contributed by atoms with E-state index in [0.717, 1.165) is 46.6 Å². The van der Waals surface area contributed by atoms with Gasteiger partial charge in [0.25, 0.3) is 0 Å². The molecule has 3 aromatic rings. The van der Waals surface area contributed by atoms with Crippen LogP contribution in [0, 0.1) is 0 Å². The summed E-state index contributed by atoms with van der Waals surface area (Å²) in [5, 5.41) is 4.05. The molecule has 1 unspecified atom stereocenters. The van der Waals surface area contributed by atoms with Crippen LogP contribution in [0.1, 0.15) is 29.7 Å². The highest BCUT2D eigenvalue weighted by molar-refractivity contribution is 9.10. The lowest BCUT2D eigenvalue weighted by molar-refractivity contribution is 0.190. The predicted molar refractivity (Wildman–Crippen MR) is 144 cm³/mol. The average Bonchev–Trinajstić information content (AvgIpc) is 2.87. The van der Waals surface area contributed by atoms with Crippen LogP contribution in [0.2, 0.25) is 0 Å². The summed E-state index contributed by atoms with van der Waals surface area (Å²) in [5.74, 6) is 2.28. The van der Waals surface area contributed by atoms with Gasteiger partial charge < -0.3 is 24.4 Å². The zero-order valence-electron chi connectivity index (χ0n) is 19.6. The van der Waals surface area contributed by atoms with Crippen LogP contribution in [0.25, 0.3) is 0 Å². The quantitative estimate of drug-likeness (QED) is 0.349. The van der Waals surface area contributed by atoms with Crippen molar-refractivity contribution in [2.24, 2.45) is 0 Å². The van der Waals surface area contributed by atoms with Crippen molar-refractivity contribution in [1.82, 2.24) is 4.90 Å². The molecular formula is C27H29BrN2O3S. The number of nitrogens with one attached hydrogen (secondary N) is 1. The maximum absolute atomic E-state index is 6.27. The Morgan fingerprint density at radius 2 is 1.71 bits per heavy atom. The molecule has 0 saturated carbocycles. The lowest BCUT2D eigenvalue weighted by Gasteiger charge is -2.39. The van der Waals surface area contributed by atoms with E-state index in [1.165, 1.54) is 11.1 Å². The lowest BCUT2D eigenvalue weighted by Crippen LogP contribution is -2.44. The number of thiocarbonyl (C=S) groups is 1. The van der Waals surface area contributed by atoms with E-state index in [1.54, 1.807) is 14.2 Å². The molecule has 1 aliphatic rings. The Bertz CT molecular complexity index is 1140. The molecule has 0 amide bonds. The second-order valence-corrected chi connectivity index (χ2v) is 9.41. The molecule has 5 nitrogen and oxygen atoms in total. The molecule has 1 N–H and O–H groups in total. The fraction of sp³-hybridized carbons (Fsp3) is 0.296. The first-order valence-corrected chi connectivity index (χ1v) is 12.5. The fourth-order valence-electron chi connectivity index (χ4n) is 4.18. The maximum atomic E-state index is 6.27. The Labute approximate surface area is 215 Å². The number of ether oxygens (including phenoxy) is 3. The van der Waals surface area contributed by atoms with Gasteiger partial charge in [-0.15, -0.1) is 0 Å². The molecule has 0 aromatic heterocycles. The number of benzene rings is 3. The molecule has 0 fully saturated rings. The normalized spacial score (nSPS) is 14.8. The van der Waals surface area contributed by atoms with Gasteiger partial charge in [-0.05, 0) is 90.3 Å². The first-order chi connectivity index (χ1) is 16.5. The molecule has 1 heterocycles. The first-order valence-electron chi connectivity index (χ1n) is 11.3. The first kappa shape index (κ1) is 24.4. The summed E-state index contributed by atoms with van der Waals surface area (Å²) < 4.78 is 18.4. The van der Waals surface area contributed by atoms with Gasteiger partial charge >= 0.3 is 0 Å². The van der Waals surface area contributed by atoms with Crippen molar-refractivity contribution in [2.45, 2.75) is 25.8 Å². The topological polar surface area (TPSA) is 43.0 Å². The number of rotatable bonds is 7. The van der Waals surface area contributed by atoms with Crippen molar-refractivity contribution in [2.75, 3.05) is 32.7 Å². The molecule has 1 aliphatic heterocycles. The standard InChI is InChI=1S/C27H29BrN2O3S/c1-4-18-5-11-22(12-6-18)33-17-24-23-16-26(32-3)25(31-2)15-19(23)13-14-30(24)27(34)29-21-9-7-20(28)8-10-21/h5-12,15-16,24H,4,13-14,17H2,1-3H3,(H,29,34). The van der Waals surface area contributed by atoms with Crippen LogP contribution in [0.3, 0.4) is 0 Å². The van der Waals surface area contributed by atoms with Crippen LogP contribution in [0.15, 0.2) is 65.1 Å². The second-order valence-electron chi connectivity index (χ2n) is 8.11. The third-order valence-corrected chi connectivity index (χ3v) is 6.96. The van der Waals surface area contributed by atoms with Crippen LogP contribution < -0.4 is 19.5 Å². The smallest absolute Gasteiger partial charge is 0.174 e. The molecule has 1 atom stereocenters. The molecule has 0 saturated heterocycles. The van der Waals surface area contributed by atoms with Crippen LogP contribution in [0.4, 0.5) is 5.69 Å². The van der Waals surface area contributed by atoms with Crippen LogP contribution >= 0.6 is 28.1 Å². The van der Waals surface area contributed by atoms with E-state index in [2.05, 4.69) is 57.3 Å². The van der Waals surface area contributed by atoms with Crippen LogP contribution in [0.5, 0.6) is 17.2 Å². The number of halogens is 1. The van der Waals surface area contributed by atoms with E-state index >= 15 is 0 Å². The lowest BCUT2D eigenvalue weighted by atomic mass is 9.92. The van der Waals surface area contributed by atoms with E-state index < -0.39 is 0 Å². The molecule has 0 aliphatic carbocycles. The molecule has 0 bridgehead atoms. The van der Waals surface area contributed by atoms with E-state index in [-0.39, 0.29) is 6.04 Å². The van der Waals surface area contributed by atoms with Gasteiger partial charge in [-0.25, -0.2) is 0 Å². The van der Waals surface area contributed by atoms with Gasteiger partial charge in [0.05, 0.1) is 20.3 Å². The average molecular weight is 542 g/mol. The maximum Gasteiger partial charge on any atom is 0.174 e. The summed E-state index contributed by atoms with van der Waals surface area (Å²) >= 11 is 9.34. The Morgan fingerprint density at radius 1 is 1.03 bits per heavy atom. The minimum atomic E-state index is -0.0788. The van der Waals surface area contributed by atoms with E-state index in [4.69, 9.17) is 26.4 Å². The second kappa shape index (κ2) is 11.1. The SMILES string of the molecule is CCc1ccc(OCC2c3cc(OC)c(OC)cc3CCN2C(=S)Nc2ccc(Br)cc2)cc1. The summed E-state index contributed by atoms with van der Waals surface area (Å²) in [6.07, 6.45) is 1.85. The van der Waals surface area contributed by atoms with Crippen molar-refractivity contribution < 1.29 is 14.2 Å². The Kier molecular flexibility index (Phi) is 7.95. The van der Waals surface area contributed by atoms with Crippen molar-refractivity contribution in [1.29, 1.82) is 0 Å². The van der Waals surface area contributed by atoms with Crippen LogP contribution in [-0.4, -0.2) is 37.4 Å². The highest BCUT2D eigenvalue weighted by atomic mass is 79.9.